The second kappa shape index (κ2) is 21.5. The van der Waals surface area contributed by atoms with Gasteiger partial charge in [0.1, 0.15) is 0 Å². The van der Waals surface area contributed by atoms with Crippen molar-refractivity contribution in [2.24, 2.45) is 0 Å². The minimum Gasteiger partial charge on any atom is -0.271 e. The quantitative estimate of drug-likeness (QED) is 0.0239. The molecule has 0 radical (unpaired) electrons. The number of fused-ring (bicyclic) bond motifs is 2. The minimum atomic E-state index is -0.212. The predicted octanol–water partition coefficient (Wildman–Crippen LogP) is 16.6. The first-order valence-corrected chi connectivity index (χ1v) is 26.1. The normalized spacial score (nSPS) is 14.3. The summed E-state index contributed by atoms with van der Waals surface area (Å²) >= 11 is 7.89. The molecule has 6 nitrogen and oxygen atoms in total. The molecule has 0 aromatic heterocycles. The maximum atomic E-state index is 14.8. The van der Waals surface area contributed by atoms with Gasteiger partial charge in [-0.25, -0.2) is 0 Å². The van der Waals surface area contributed by atoms with Gasteiger partial charge in [0, 0.05) is 75.6 Å². The van der Waals surface area contributed by atoms with Gasteiger partial charge in [-0.15, -0.1) is 0 Å². The number of unbranched alkanes of at least 4 members (excludes halogenated alkanes) is 16. The van der Waals surface area contributed by atoms with Crippen molar-refractivity contribution in [1.29, 1.82) is 0 Å². The first-order valence-electron chi connectivity index (χ1n) is 24.5. The Hall–Kier alpha value is -3.36. The van der Waals surface area contributed by atoms with Crippen LogP contribution >= 0.6 is 31.9 Å². The summed E-state index contributed by atoms with van der Waals surface area (Å²) in [5.41, 5.74) is 2.23. The summed E-state index contributed by atoms with van der Waals surface area (Å²) in [7, 11) is 0. The maximum Gasteiger partial charge on any atom is 0.261 e. The highest BCUT2D eigenvalue weighted by molar-refractivity contribution is 9.11. The third kappa shape index (κ3) is 9.12. The summed E-state index contributed by atoms with van der Waals surface area (Å²) in [6.45, 7) is 8.88. The summed E-state index contributed by atoms with van der Waals surface area (Å²) in [6.07, 6.45) is 26.0. The molecule has 0 bridgehead atoms. The SMILES string of the molecule is CCCCCCCC(CCCCCCC)N1C(=O)c2ccc3c4c(Br)cc5c6c(ccc(c7c(Br)cc(c2c37)C1=O)c64)C(=O)N(C(CCCCCCC)CCCCCCC)C5=O. The van der Waals surface area contributed by atoms with Gasteiger partial charge >= 0.3 is 0 Å². The highest BCUT2D eigenvalue weighted by atomic mass is 79.9. The van der Waals surface area contributed by atoms with Crippen LogP contribution in [-0.2, 0) is 0 Å². The van der Waals surface area contributed by atoms with Crippen LogP contribution in [0.3, 0.4) is 0 Å². The van der Waals surface area contributed by atoms with Gasteiger partial charge in [0.25, 0.3) is 23.6 Å². The molecule has 0 N–H and O–H groups in total. The van der Waals surface area contributed by atoms with Gasteiger partial charge < -0.3 is 0 Å². The fourth-order valence-corrected chi connectivity index (χ4v) is 12.1. The second-order valence-electron chi connectivity index (χ2n) is 18.5. The van der Waals surface area contributed by atoms with Gasteiger partial charge in [-0.05, 0) is 60.7 Å². The van der Waals surface area contributed by atoms with E-state index in [0.29, 0.717) is 33.0 Å². The number of hydrogen-bond acceptors (Lipinski definition) is 4. The maximum absolute atomic E-state index is 14.8. The summed E-state index contributed by atoms with van der Waals surface area (Å²) < 4.78 is 1.53. The Bertz CT molecular complexity index is 2230. The molecule has 0 spiro atoms. The number of carbonyl (C=O) groups excluding carboxylic acids is 4. The van der Waals surface area contributed by atoms with Crippen molar-refractivity contribution in [2.45, 2.75) is 194 Å². The Morgan fingerprint density at radius 3 is 0.968 bits per heavy atom. The van der Waals surface area contributed by atoms with Crippen molar-refractivity contribution in [3.05, 3.63) is 67.6 Å². The average molecular weight is 969 g/mol. The van der Waals surface area contributed by atoms with Crippen molar-refractivity contribution in [1.82, 2.24) is 9.80 Å². The lowest BCUT2D eigenvalue weighted by Gasteiger charge is -2.36. The van der Waals surface area contributed by atoms with E-state index in [1.165, 1.54) is 77.0 Å². The zero-order valence-electron chi connectivity index (χ0n) is 37.9. The predicted molar refractivity (Wildman–Crippen MR) is 265 cm³/mol. The van der Waals surface area contributed by atoms with Crippen LogP contribution in [0.4, 0.5) is 0 Å². The molecule has 2 heterocycles. The lowest BCUT2D eigenvalue weighted by atomic mass is 9.81. The van der Waals surface area contributed by atoms with Crippen LogP contribution in [0.1, 0.15) is 223 Å². The highest BCUT2D eigenvalue weighted by Gasteiger charge is 2.41. The first kappa shape index (κ1) is 46.6. The topological polar surface area (TPSA) is 74.8 Å². The van der Waals surface area contributed by atoms with Crippen molar-refractivity contribution < 1.29 is 19.2 Å². The molecule has 0 aliphatic carbocycles. The van der Waals surface area contributed by atoms with Crippen LogP contribution in [-0.4, -0.2) is 45.5 Å². The van der Waals surface area contributed by atoms with Gasteiger partial charge in [-0.1, -0.05) is 200 Å². The Morgan fingerprint density at radius 2 is 0.661 bits per heavy atom. The van der Waals surface area contributed by atoms with E-state index in [2.05, 4.69) is 59.6 Å². The molecule has 5 aromatic carbocycles. The number of imide groups is 2. The molecule has 0 saturated heterocycles. The van der Waals surface area contributed by atoms with E-state index in [9.17, 15) is 19.2 Å². The van der Waals surface area contributed by atoms with E-state index < -0.39 is 0 Å². The number of amides is 4. The number of carbonyl (C=O) groups is 4. The fourth-order valence-electron chi connectivity index (χ4n) is 10.8. The second-order valence-corrected chi connectivity index (χ2v) is 20.2. The van der Waals surface area contributed by atoms with E-state index in [-0.39, 0.29) is 35.7 Å². The molecule has 0 unspecified atom stereocenters. The molecule has 2 aliphatic heterocycles. The Morgan fingerprint density at radius 1 is 0.371 bits per heavy atom. The zero-order valence-corrected chi connectivity index (χ0v) is 41.0. The van der Waals surface area contributed by atoms with Gasteiger partial charge in [0.2, 0.25) is 0 Å². The lowest BCUT2D eigenvalue weighted by Crippen LogP contribution is -2.47. The molecule has 332 valence electrons. The molecule has 2 aliphatic rings. The largest absolute Gasteiger partial charge is 0.271 e. The van der Waals surface area contributed by atoms with E-state index >= 15 is 0 Å². The number of nitrogens with zero attached hydrogens (tertiary/aromatic N) is 2. The third-order valence-electron chi connectivity index (χ3n) is 14.1. The molecular weight excluding hydrogens is 900 g/mol. The van der Waals surface area contributed by atoms with E-state index in [1.807, 2.05) is 36.4 Å². The lowest BCUT2D eigenvalue weighted by molar-refractivity contribution is 0.0501. The van der Waals surface area contributed by atoms with Crippen molar-refractivity contribution >= 4 is 98.6 Å². The first-order chi connectivity index (χ1) is 30.2. The molecule has 0 fully saturated rings. The van der Waals surface area contributed by atoms with Crippen molar-refractivity contribution in [2.75, 3.05) is 0 Å². The zero-order chi connectivity index (χ0) is 43.9. The Balaban J connectivity index is 1.30. The van der Waals surface area contributed by atoms with Crippen LogP contribution in [0.5, 0.6) is 0 Å². The molecule has 4 amide bonds. The fraction of sp³-hybridized carbons (Fsp3) is 0.556. The van der Waals surface area contributed by atoms with E-state index in [4.69, 9.17) is 0 Å². The van der Waals surface area contributed by atoms with Gasteiger partial charge in [0.15, 0.2) is 0 Å². The molecular formula is C54H68Br2N2O4. The summed E-state index contributed by atoms with van der Waals surface area (Å²) in [4.78, 5) is 62.4. The van der Waals surface area contributed by atoms with Gasteiger partial charge in [-0.2, -0.15) is 0 Å². The summed E-state index contributed by atoms with van der Waals surface area (Å²) in [6, 6.07) is 11.4. The van der Waals surface area contributed by atoms with Crippen LogP contribution in [0.15, 0.2) is 45.3 Å². The Kier molecular flexibility index (Phi) is 16.2. The standard InChI is InChI=1S/C54H68Br2N2O4/c1-5-9-13-17-21-25-35(26-22-18-14-10-6-2)57-51(59)39-31-29-37-48-44(56)34-42-46-40(32-30-38(50(46)48)47-43(55)33-41(53(57)61)45(39)49(37)47)52(60)58(54(42)62)36(27-23-19-15-11-7-3)28-24-20-16-12-8-4/h29-36H,5-28H2,1-4H3. The third-order valence-corrected chi connectivity index (χ3v) is 15.3. The van der Waals surface area contributed by atoms with Gasteiger partial charge in [0.05, 0.1) is 0 Å². The Labute approximate surface area is 386 Å². The molecule has 62 heavy (non-hydrogen) atoms. The van der Waals surface area contributed by atoms with E-state index in [0.717, 1.165) is 118 Å². The minimum absolute atomic E-state index is 0.144. The van der Waals surface area contributed by atoms with Crippen LogP contribution < -0.4 is 0 Å². The van der Waals surface area contributed by atoms with Crippen LogP contribution in [0.25, 0.3) is 43.1 Å². The van der Waals surface area contributed by atoms with Gasteiger partial charge in [-0.3, -0.25) is 29.0 Å². The molecule has 0 saturated carbocycles. The monoisotopic (exact) mass is 966 g/mol. The number of rotatable bonds is 26. The smallest absolute Gasteiger partial charge is 0.261 e. The number of halogens is 2. The molecule has 7 rings (SSSR count). The highest BCUT2D eigenvalue weighted by Crippen LogP contribution is 2.51. The number of benzene rings is 5. The summed E-state index contributed by atoms with van der Waals surface area (Å²) in [5, 5.41) is 6.68. The van der Waals surface area contributed by atoms with Crippen molar-refractivity contribution in [3.63, 3.8) is 0 Å². The van der Waals surface area contributed by atoms with Crippen LogP contribution in [0.2, 0.25) is 0 Å². The molecule has 8 heteroatoms. The number of hydrogen-bond donors (Lipinski definition) is 0. The van der Waals surface area contributed by atoms with Crippen LogP contribution in [0, 0.1) is 0 Å². The van der Waals surface area contributed by atoms with Crippen molar-refractivity contribution in [3.8, 4) is 0 Å². The summed E-state index contributed by atoms with van der Waals surface area (Å²) in [5.74, 6) is -0.830. The molecule has 0 atom stereocenters. The average Bonchev–Trinajstić information content (AvgIpc) is 3.26. The van der Waals surface area contributed by atoms with E-state index in [1.54, 1.807) is 9.80 Å². The molecule has 5 aromatic rings.